The van der Waals surface area contributed by atoms with Gasteiger partial charge in [-0.2, -0.15) is 0 Å². The minimum Gasteiger partial charge on any atom is -0.480 e. The van der Waals surface area contributed by atoms with Crippen LogP contribution in [0.3, 0.4) is 0 Å². The number of nitrogens with one attached hydrogen (secondary N) is 1. The highest BCUT2D eigenvalue weighted by Crippen LogP contribution is 2.17. The van der Waals surface area contributed by atoms with E-state index in [0.29, 0.717) is 12.0 Å². The SMILES string of the molecule is CCc1ccc(S(C)(=O)=O)cc1C(=O)NC(C(=O)O)C(C)C. The van der Waals surface area contributed by atoms with Crippen molar-refractivity contribution in [3.63, 3.8) is 0 Å². The maximum Gasteiger partial charge on any atom is 0.326 e. The number of sulfone groups is 1. The van der Waals surface area contributed by atoms with Crippen molar-refractivity contribution in [3.8, 4) is 0 Å². The van der Waals surface area contributed by atoms with E-state index in [1.54, 1.807) is 19.9 Å². The van der Waals surface area contributed by atoms with Crippen molar-refractivity contribution in [1.29, 1.82) is 0 Å². The molecule has 1 aromatic rings. The monoisotopic (exact) mass is 327 g/mol. The van der Waals surface area contributed by atoms with Gasteiger partial charge in [0.1, 0.15) is 6.04 Å². The minimum absolute atomic E-state index is 0.0336. The summed E-state index contributed by atoms with van der Waals surface area (Å²) >= 11 is 0. The van der Waals surface area contributed by atoms with Gasteiger partial charge in [-0.3, -0.25) is 4.79 Å². The van der Waals surface area contributed by atoms with Crippen molar-refractivity contribution in [3.05, 3.63) is 29.3 Å². The predicted octanol–water partition coefficient (Wildman–Crippen LogP) is 1.49. The molecule has 0 fully saturated rings. The van der Waals surface area contributed by atoms with Crippen LogP contribution in [0.4, 0.5) is 0 Å². The number of rotatable bonds is 6. The van der Waals surface area contributed by atoms with Crippen molar-refractivity contribution in [1.82, 2.24) is 5.32 Å². The smallest absolute Gasteiger partial charge is 0.326 e. The second kappa shape index (κ2) is 6.91. The number of aliphatic carboxylic acids is 1. The zero-order valence-electron chi connectivity index (χ0n) is 13.1. The third kappa shape index (κ3) is 4.30. The molecule has 0 aliphatic carbocycles. The highest BCUT2D eigenvalue weighted by atomic mass is 32.2. The number of carbonyl (C=O) groups is 2. The molecule has 22 heavy (non-hydrogen) atoms. The number of aryl methyl sites for hydroxylation is 1. The van der Waals surface area contributed by atoms with Gasteiger partial charge in [-0.15, -0.1) is 0 Å². The second-order valence-electron chi connectivity index (χ2n) is 5.48. The summed E-state index contributed by atoms with van der Waals surface area (Å²) < 4.78 is 23.2. The van der Waals surface area contributed by atoms with Gasteiger partial charge in [0.05, 0.1) is 4.90 Å². The van der Waals surface area contributed by atoms with Gasteiger partial charge in [0.15, 0.2) is 9.84 Å². The number of hydrogen-bond acceptors (Lipinski definition) is 4. The lowest BCUT2D eigenvalue weighted by Gasteiger charge is -2.19. The molecule has 0 aliphatic rings. The fourth-order valence-corrected chi connectivity index (χ4v) is 2.69. The number of amides is 1. The first-order chi connectivity index (χ1) is 10.1. The summed E-state index contributed by atoms with van der Waals surface area (Å²) in [7, 11) is -3.44. The summed E-state index contributed by atoms with van der Waals surface area (Å²) in [5.74, 6) is -1.99. The molecule has 0 saturated heterocycles. The standard InChI is InChI=1S/C15H21NO5S/c1-5-10-6-7-11(22(4,20)21)8-12(10)14(17)16-13(9(2)3)15(18)19/h6-9,13H,5H2,1-4H3,(H,16,17)(H,18,19). The Morgan fingerprint density at radius 3 is 2.27 bits per heavy atom. The van der Waals surface area contributed by atoms with Gasteiger partial charge in [0, 0.05) is 11.8 Å². The lowest BCUT2D eigenvalue weighted by atomic mass is 10.0. The fourth-order valence-electron chi connectivity index (χ4n) is 2.04. The average molecular weight is 327 g/mol. The average Bonchev–Trinajstić information content (AvgIpc) is 2.41. The summed E-state index contributed by atoms with van der Waals surface area (Å²) in [6, 6.07) is 3.29. The normalized spacial score (nSPS) is 13.0. The Hall–Kier alpha value is -1.89. The second-order valence-corrected chi connectivity index (χ2v) is 7.49. The molecule has 1 aromatic carbocycles. The quantitative estimate of drug-likeness (QED) is 0.824. The van der Waals surface area contributed by atoms with E-state index in [2.05, 4.69) is 5.32 Å². The molecule has 7 heteroatoms. The van der Waals surface area contributed by atoms with Gasteiger partial charge in [-0.1, -0.05) is 26.8 Å². The molecule has 2 N–H and O–H groups in total. The van der Waals surface area contributed by atoms with Crippen molar-refractivity contribution in [2.45, 2.75) is 38.1 Å². The van der Waals surface area contributed by atoms with Crippen molar-refractivity contribution < 1.29 is 23.1 Å². The van der Waals surface area contributed by atoms with E-state index < -0.39 is 27.8 Å². The van der Waals surface area contributed by atoms with Crippen LogP contribution in [0.1, 0.15) is 36.7 Å². The van der Waals surface area contributed by atoms with Crippen molar-refractivity contribution in [2.24, 2.45) is 5.92 Å². The van der Waals surface area contributed by atoms with Crippen molar-refractivity contribution in [2.75, 3.05) is 6.26 Å². The molecule has 0 aliphatic heterocycles. The molecule has 0 bridgehead atoms. The minimum atomic E-state index is -3.44. The summed E-state index contributed by atoms with van der Waals surface area (Å²) in [4.78, 5) is 23.6. The van der Waals surface area contributed by atoms with Crippen LogP contribution in [0.15, 0.2) is 23.1 Å². The maximum atomic E-state index is 12.4. The van der Waals surface area contributed by atoms with Crippen LogP contribution in [0.25, 0.3) is 0 Å². The van der Waals surface area contributed by atoms with Crippen LogP contribution in [-0.4, -0.2) is 37.7 Å². The van der Waals surface area contributed by atoms with Crippen LogP contribution in [0, 0.1) is 5.92 Å². The summed E-state index contributed by atoms with van der Waals surface area (Å²) in [5.41, 5.74) is 0.857. The number of carboxylic acid groups (broad SMARTS) is 1. The lowest BCUT2D eigenvalue weighted by Crippen LogP contribution is -2.44. The Morgan fingerprint density at radius 1 is 1.27 bits per heavy atom. The van der Waals surface area contributed by atoms with E-state index in [1.807, 2.05) is 6.92 Å². The Morgan fingerprint density at radius 2 is 1.86 bits per heavy atom. The molecule has 122 valence electrons. The lowest BCUT2D eigenvalue weighted by molar-refractivity contribution is -0.140. The third-order valence-corrected chi connectivity index (χ3v) is 4.46. The fraction of sp³-hybridized carbons (Fsp3) is 0.467. The molecule has 1 amide bonds. The molecule has 0 heterocycles. The Bertz CT molecular complexity index is 679. The molecular formula is C15H21NO5S. The van der Waals surface area contributed by atoms with Gasteiger partial charge in [0.2, 0.25) is 0 Å². The van der Waals surface area contributed by atoms with Crippen LogP contribution in [0.2, 0.25) is 0 Å². The van der Waals surface area contributed by atoms with Gasteiger partial charge in [0.25, 0.3) is 5.91 Å². The first kappa shape index (κ1) is 18.2. The topological polar surface area (TPSA) is 101 Å². The van der Waals surface area contributed by atoms with Crippen LogP contribution in [0.5, 0.6) is 0 Å². The highest BCUT2D eigenvalue weighted by Gasteiger charge is 2.25. The summed E-state index contributed by atoms with van der Waals surface area (Å²) in [5, 5.41) is 11.6. The summed E-state index contributed by atoms with van der Waals surface area (Å²) in [6.45, 7) is 5.21. The molecule has 1 atom stereocenters. The van der Waals surface area contributed by atoms with Gasteiger partial charge in [-0.05, 0) is 30.0 Å². The zero-order chi connectivity index (χ0) is 17.1. The number of hydrogen-bond donors (Lipinski definition) is 2. The largest absolute Gasteiger partial charge is 0.480 e. The number of carboxylic acids is 1. The zero-order valence-corrected chi connectivity index (χ0v) is 13.9. The molecule has 0 aromatic heterocycles. The van der Waals surface area contributed by atoms with E-state index in [4.69, 9.17) is 5.11 Å². The molecule has 0 radical (unpaired) electrons. The van der Waals surface area contributed by atoms with E-state index in [-0.39, 0.29) is 16.4 Å². The van der Waals surface area contributed by atoms with E-state index >= 15 is 0 Å². The molecule has 0 spiro atoms. The highest BCUT2D eigenvalue weighted by molar-refractivity contribution is 7.90. The molecule has 1 unspecified atom stereocenters. The maximum absolute atomic E-state index is 12.4. The van der Waals surface area contributed by atoms with Gasteiger partial charge in [-0.25, -0.2) is 13.2 Å². The first-order valence-corrected chi connectivity index (χ1v) is 8.83. The molecular weight excluding hydrogens is 306 g/mol. The Balaban J connectivity index is 3.23. The molecule has 1 rings (SSSR count). The van der Waals surface area contributed by atoms with E-state index in [9.17, 15) is 18.0 Å². The first-order valence-electron chi connectivity index (χ1n) is 6.94. The van der Waals surface area contributed by atoms with Crippen LogP contribution < -0.4 is 5.32 Å². The number of carbonyl (C=O) groups excluding carboxylic acids is 1. The van der Waals surface area contributed by atoms with Crippen molar-refractivity contribution >= 4 is 21.7 Å². The number of benzene rings is 1. The third-order valence-electron chi connectivity index (χ3n) is 3.35. The Kier molecular flexibility index (Phi) is 5.71. The van der Waals surface area contributed by atoms with Gasteiger partial charge < -0.3 is 10.4 Å². The molecule has 6 nitrogen and oxygen atoms in total. The van der Waals surface area contributed by atoms with Gasteiger partial charge >= 0.3 is 5.97 Å². The van der Waals surface area contributed by atoms with Crippen LogP contribution >= 0.6 is 0 Å². The summed E-state index contributed by atoms with van der Waals surface area (Å²) in [6.07, 6.45) is 1.59. The molecule has 0 saturated carbocycles. The van der Waals surface area contributed by atoms with E-state index in [1.165, 1.54) is 12.1 Å². The Labute approximate surface area is 130 Å². The van der Waals surface area contributed by atoms with Crippen LogP contribution in [-0.2, 0) is 21.1 Å². The predicted molar refractivity (Wildman–Crippen MR) is 82.7 cm³/mol. The van der Waals surface area contributed by atoms with E-state index in [0.717, 1.165) is 6.26 Å².